The summed E-state index contributed by atoms with van der Waals surface area (Å²) < 4.78 is 27.7. The molecule has 2 fully saturated rings. The van der Waals surface area contributed by atoms with Crippen molar-refractivity contribution in [2.45, 2.75) is 75.6 Å². The standard InChI is InChI=1S/C21H34N2O2S/c1-21(2,3)18-10-12-20(13-11-18)26(24,25)23-16-14-22(15-17-23)19-8-6-4-5-7-9-19/h10-13,19H,4-9,14-17H2,1-3H3. The molecule has 0 bridgehead atoms. The molecular weight excluding hydrogens is 344 g/mol. The van der Waals surface area contributed by atoms with Gasteiger partial charge >= 0.3 is 0 Å². The van der Waals surface area contributed by atoms with Crippen LogP contribution in [0.3, 0.4) is 0 Å². The van der Waals surface area contributed by atoms with Crippen LogP contribution in [0.25, 0.3) is 0 Å². The van der Waals surface area contributed by atoms with Crippen LogP contribution in [-0.4, -0.2) is 49.8 Å². The Balaban J connectivity index is 1.64. The molecule has 26 heavy (non-hydrogen) atoms. The first kappa shape index (κ1) is 19.8. The van der Waals surface area contributed by atoms with Crippen molar-refractivity contribution in [1.29, 1.82) is 0 Å². The maximum absolute atomic E-state index is 13.0. The molecule has 4 nitrogen and oxygen atoms in total. The largest absolute Gasteiger partial charge is 0.298 e. The van der Waals surface area contributed by atoms with Gasteiger partial charge in [-0.25, -0.2) is 8.42 Å². The zero-order valence-electron chi connectivity index (χ0n) is 16.6. The Hall–Kier alpha value is -0.910. The van der Waals surface area contributed by atoms with Crippen molar-refractivity contribution in [3.8, 4) is 0 Å². The van der Waals surface area contributed by atoms with Crippen LogP contribution in [0.5, 0.6) is 0 Å². The van der Waals surface area contributed by atoms with E-state index in [1.54, 1.807) is 16.4 Å². The summed E-state index contributed by atoms with van der Waals surface area (Å²) in [7, 11) is -3.38. The van der Waals surface area contributed by atoms with Gasteiger partial charge in [0.25, 0.3) is 0 Å². The van der Waals surface area contributed by atoms with Crippen molar-refractivity contribution in [2.75, 3.05) is 26.2 Å². The highest BCUT2D eigenvalue weighted by Gasteiger charge is 2.31. The summed E-state index contributed by atoms with van der Waals surface area (Å²) in [6.45, 7) is 9.38. The summed E-state index contributed by atoms with van der Waals surface area (Å²) in [6.07, 6.45) is 7.92. The Kier molecular flexibility index (Phi) is 6.10. The number of hydrogen-bond donors (Lipinski definition) is 0. The van der Waals surface area contributed by atoms with Crippen LogP contribution in [0.1, 0.15) is 64.9 Å². The second-order valence-electron chi connectivity index (χ2n) is 8.86. The summed E-state index contributed by atoms with van der Waals surface area (Å²) >= 11 is 0. The Morgan fingerprint density at radius 2 is 1.38 bits per heavy atom. The number of rotatable bonds is 3. The van der Waals surface area contributed by atoms with E-state index in [0.29, 0.717) is 24.0 Å². The number of piperazine rings is 1. The zero-order chi connectivity index (χ0) is 18.8. The lowest BCUT2D eigenvalue weighted by atomic mass is 9.87. The second-order valence-corrected chi connectivity index (χ2v) is 10.8. The predicted octanol–water partition coefficient (Wildman–Crippen LogP) is 4.01. The smallest absolute Gasteiger partial charge is 0.243 e. The Labute approximate surface area is 159 Å². The van der Waals surface area contributed by atoms with Gasteiger partial charge in [-0.1, -0.05) is 58.6 Å². The van der Waals surface area contributed by atoms with Crippen LogP contribution in [0.15, 0.2) is 29.2 Å². The molecule has 3 rings (SSSR count). The molecule has 0 N–H and O–H groups in total. The van der Waals surface area contributed by atoms with Gasteiger partial charge in [-0.3, -0.25) is 4.90 Å². The first-order valence-corrected chi connectivity index (χ1v) is 11.6. The number of hydrogen-bond acceptors (Lipinski definition) is 3. The van der Waals surface area contributed by atoms with E-state index < -0.39 is 10.0 Å². The maximum Gasteiger partial charge on any atom is 0.243 e. The topological polar surface area (TPSA) is 40.6 Å². The quantitative estimate of drug-likeness (QED) is 0.746. The molecule has 1 aromatic rings. The van der Waals surface area contributed by atoms with Crippen LogP contribution < -0.4 is 0 Å². The third-order valence-electron chi connectivity index (χ3n) is 5.97. The molecule has 1 aliphatic carbocycles. The molecule has 1 saturated heterocycles. The monoisotopic (exact) mass is 378 g/mol. The fourth-order valence-electron chi connectivity index (χ4n) is 4.21. The van der Waals surface area contributed by atoms with Gasteiger partial charge in [-0.2, -0.15) is 4.31 Å². The lowest BCUT2D eigenvalue weighted by Gasteiger charge is -2.38. The second kappa shape index (κ2) is 7.99. The minimum absolute atomic E-state index is 0.0344. The summed E-state index contributed by atoms with van der Waals surface area (Å²) in [5, 5.41) is 0. The van der Waals surface area contributed by atoms with Crippen LogP contribution in [-0.2, 0) is 15.4 Å². The first-order chi connectivity index (χ1) is 12.3. The van der Waals surface area contributed by atoms with Crippen molar-refractivity contribution in [1.82, 2.24) is 9.21 Å². The molecule has 1 aliphatic heterocycles. The zero-order valence-corrected chi connectivity index (χ0v) is 17.4. The molecule has 0 atom stereocenters. The Morgan fingerprint density at radius 1 is 0.846 bits per heavy atom. The van der Waals surface area contributed by atoms with E-state index in [-0.39, 0.29) is 5.41 Å². The van der Waals surface area contributed by atoms with Gasteiger partial charge in [0.1, 0.15) is 0 Å². The minimum atomic E-state index is -3.38. The third kappa shape index (κ3) is 4.49. The van der Waals surface area contributed by atoms with Gasteiger partial charge in [0.15, 0.2) is 0 Å². The van der Waals surface area contributed by atoms with Gasteiger partial charge in [0.2, 0.25) is 10.0 Å². The average molecular weight is 379 g/mol. The normalized spacial score (nSPS) is 22.3. The van der Waals surface area contributed by atoms with Crippen LogP contribution >= 0.6 is 0 Å². The third-order valence-corrected chi connectivity index (χ3v) is 7.89. The highest BCUT2D eigenvalue weighted by atomic mass is 32.2. The summed E-state index contributed by atoms with van der Waals surface area (Å²) in [5.41, 5.74) is 1.20. The Morgan fingerprint density at radius 3 is 1.88 bits per heavy atom. The summed E-state index contributed by atoms with van der Waals surface area (Å²) in [6, 6.07) is 8.11. The molecule has 1 aromatic carbocycles. The lowest BCUT2D eigenvalue weighted by molar-refractivity contribution is 0.126. The van der Waals surface area contributed by atoms with Gasteiger partial charge < -0.3 is 0 Å². The van der Waals surface area contributed by atoms with Crippen molar-refractivity contribution >= 4 is 10.0 Å². The fraction of sp³-hybridized carbons (Fsp3) is 0.714. The van der Waals surface area contributed by atoms with Crippen molar-refractivity contribution in [3.05, 3.63) is 29.8 Å². The molecule has 2 aliphatic rings. The van der Waals surface area contributed by atoms with Crippen molar-refractivity contribution < 1.29 is 8.42 Å². The SMILES string of the molecule is CC(C)(C)c1ccc(S(=O)(=O)N2CCN(C3CCCCCC3)CC2)cc1. The maximum atomic E-state index is 13.0. The van der Waals surface area contributed by atoms with Gasteiger partial charge in [-0.15, -0.1) is 0 Å². The average Bonchev–Trinajstić information content (AvgIpc) is 2.91. The van der Waals surface area contributed by atoms with E-state index in [1.165, 1.54) is 38.5 Å². The fourth-order valence-corrected chi connectivity index (χ4v) is 5.63. The molecule has 0 unspecified atom stereocenters. The molecule has 146 valence electrons. The molecule has 5 heteroatoms. The van der Waals surface area contributed by atoms with Crippen LogP contribution in [0.2, 0.25) is 0 Å². The molecule has 0 radical (unpaired) electrons. The van der Waals surface area contributed by atoms with E-state index in [9.17, 15) is 8.42 Å². The highest BCUT2D eigenvalue weighted by Crippen LogP contribution is 2.27. The van der Waals surface area contributed by atoms with E-state index in [0.717, 1.165) is 18.7 Å². The van der Waals surface area contributed by atoms with Crippen molar-refractivity contribution in [2.24, 2.45) is 0 Å². The number of benzene rings is 1. The number of nitrogens with zero attached hydrogens (tertiary/aromatic N) is 2. The van der Waals surface area contributed by atoms with E-state index in [4.69, 9.17) is 0 Å². The van der Waals surface area contributed by atoms with Gasteiger partial charge in [-0.05, 0) is 36.0 Å². The van der Waals surface area contributed by atoms with E-state index in [1.807, 2.05) is 12.1 Å². The van der Waals surface area contributed by atoms with Gasteiger partial charge in [0.05, 0.1) is 4.90 Å². The van der Waals surface area contributed by atoms with Crippen molar-refractivity contribution in [3.63, 3.8) is 0 Å². The molecule has 0 aromatic heterocycles. The minimum Gasteiger partial charge on any atom is -0.298 e. The summed E-state index contributed by atoms with van der Waals surface area (Å²) in [5.74, 6) is 0. The molecular formula is C21H34N2O2S. The first-order valence-electron chi connectivity index (χ1n) is 10.1. The molecule has 0 amide bonds. The van der Waals surface area contributed by atoms with Crippen LogP contribution in [0.4, 0.5) is 0 Å². The summed E-state index contributed by atoms with van der Waals surface area (Å²) in [4.78, 5) is 2.95. The molecule has 0 spiro atoms. The van der Waals surface area contributed by atoms with E-state index >= 15 is 0 Å². The van der Waals surface area contributed by atoms with Crippen LogP contribution in [0, 0.1) is 0 Å². The van der Waals surface area contributed by atoms with Gasteiger partial charge in [0, 0.05) is 32.2 Å². The molecule has 1 heterocycles. The number of sulfonamides is 1. The highest BCUT2D eigenvalue weighted by molar-refractivity contribution is 7.89. The Bertz CT molecular complexity index is 676. The molecule has 1 saturated carbocycles. The lowest BCUT2D eigenvalue weighted by Crippen LogP contribution is -2.51. The predicted molar refractivity (Wildman–Crippen MR) is 107 cm³/mol. The van der Waals surface area contributed by atoms with E-state index in [2.05, 4.69) is 25.7 Å².